The topological polar surface area (TPSA) is 8.29 Å². The molecule has 4 rings (SSSR count). The molecule has 0 saturated carbocycles. The zero-order valence-electron chi connectivity index (χ0n) is 20.7. The van der Waals surface area contributed by atoms with Crippen molar-refractivity contribution in [3.05, 3.63) is 46.9 Å². The number of nitrogens with zero attached hydrogens (tertiary/aromatic N) is 2. The fraction of sp³-hybridized carbons (Fsp3) is 0.607. The molecule has 2 atom stereocenters. The maximum Gasteiger partial charge on any atom is 0.295 e. The summed E-state index contributed by atoms with van der Waals surface area (Å²) >= 11 is 0. The van der Waals surface area contributed by atoms with Gasteiger partial charge in [0.25, 0.3) is 5.65 Å². The van der Waals surface area contributed by atoms with Gasteiger partial charge in [-0.1, -0.05) is 72.6 Å². The first-order chi connectivity index (χ1) is 14.1. The molecule has 30 heavy (non-hydrogen) atoms. The van der Waals surface area contributed by atoms with E-state index in [0.29, 0.717) is 0 Å². The molecule has 0 fully saturated rings. The second kappa shape index (κ2) is 6.84. The standard InChI is InChI=1S/C28H41N2/c1-10-13-17-26(6,7)23-18-29-19(4)20(5)30-25(29)24-21(23)15-14-16-22(24)27(8,11-2)28(30,9)12-3/h14-16,18H,10-13,17H2,1-9H3/q+1. The van der Waals surface area contributed by atoms with E-state index in [1.54, 1.807) is 5.56 Å². The lowest BCUT2D eigenvalue weighted by Crippen LogP contribution is -2.67. The van der Waals surface area contributed by atoms with Crippen molar-refractivity contribution in [2.45, 2.75) is 111 Å². The van der Waals surface area contributed by atoms with Gasteiger partial charge < -0.3 is 0 Å². The fourth-order valence-corrected chi connectivity index (χ4v) is 6.38. The first-order valence-corrected chi connectivity index (χ1v) is 12.1. The van der Waals surface area contributed by atoms with Crippen LogP contribution in [-0.2, 0) is 16.4 Å². The third kappa shape index (κ3) is 2.46. The van der Waals surface area contributed by atoms with Crippen LogP contribution in [0.15, 0.2) is 24.4 Å². The monoisotopic (exact) mass is 405 g/mol. The van der Waals surface area contributed by atoms with E-state index in [1.807, 2.05) is 0 Å². The average molecular weight is 406 g/mol. The van der Waals surface area contributed by atoms with Gasteiger partial charge in [0.2, 0.25) is 0 Å². The van der Waals surface area contributed by atoms with Gasteiger partial charge >= 0.3 is 0 Å². The summed E-state index contributed by atoms with van der Waals surface area (Å²) in [5.74, 6) is 0. The van der Waals surface area contributed by atoms with Crippen molar-refractivity contribution in [3.8, 4) is 0 Å². The molecule has 2 aromatic heterocycles. The quantitative estimate of drug-likeness (QED) is 0.381. The minimum atomic E-state index is 0.0614. The molecule has 3 heterocycles. The van der Waals surface area contributed by atoms with Crippen LogP contribution in [0.25, 0.3) is 16.4 Å². The van der Waals surface area contributed by atoms with Crippen LogP contribution < -0.4 is 4.57 Å². The summed E-state index contributed by atoms with van der Waals surface area (Å²) < 4.78 is 5.22. The summed E-state index contributed by atoms with van der Waals surface area (Å²) in [5.41, 5.74) is 7.57. The molecule has 0 radical (unpaired) electrons. The summed E-state index contributed by atoms with van der Waals surface area (Å²) in [6.45, 7) is 21.6. The lowest BCUT2D eigenvalue weighted by Gasteiger charge is -2.47. The van der Waals surface area contributed by atoms with Crippen LogP contribution in [0.4, 0.5) is 0 Å². The van der Waals surface area contributed by atoms with Crippen LogP contribution in [0.5, 0.6) is 0 Å². The van der Waals surface area contributed by atoms with Gasteiger partial charge in [-0.15, -0.1) is 0 Å². The van der Waals surface area contributed by atoms with Gasteiger partial charge in [0.1, 0.15) is 23.1 Å². The molecule has 0 N–H and O–H groups in total. The van der Waals surface area contributed by atoms with Gasteiger partial charge in [-0.3, -0.25) is 0 Å². The molecule has 1 aliphatic rings. The normalized spacial score (nSPS) is 23.8. The Morgan fingerprint density at radius 3 is 2.33 bits per heavy atom. The number of aryl methyl sites for hydroxylation is 1. The Hall–Kier alpha value is -1.83. The van der Waals surface area contributed by atoms with Gasteiger partial charge in [-0.25, -0.2) is 4.57 Å². The highest BCUT2D eigenvalue weighted by atomic mass is 15.2. The van der Waals surface area contributed by atoms with Crippen molar-refractivity contribution >= 4 is 16.4 Å². The van der Waals surface area contributed by atoms with Crippen molar-refractivity contribution in [2.24, 2.45) is 0 Å². The first-order valence-electron chi connectivity index (χ1n) is 12.1. The van der Waals surface area contributed by atoms with Gasteiger partial charge in [-0.05, 0) is 42.6 Å². The highest BCUT2D eigenvalue weighted by molar-refractivity contribution is 5.99. The van der Waals surface area contributed by atoms with Crippen LogP contribution in [0.3, 0.4) is 0 Å². The maximum atomic E-state index is 2.70. The second-order valence-corrected chi connectivity index (χ2v) is 10.8. The Labute approximate surface area is 183 Å². The number of rotatable bonds is 6. The molecular weight excluding hydrogens is 364 g/mol. The molecule has 1 aromatic carbocycles. The number of hydrogen-bond acceptors (Lipinski definition) is 0. The van der Waals surface area contributed by atoms with E-state index in [4.69, 9.17) is 0 Å². The van der Waals surface area contributed by atoms with E-state index in [1.165, 1.54) is 52.6 Å². The van der Waals surface area contributed by atoms with E-state index in [0.717, 1.165) is 12.8 Å². The summed E-state index contributed by atoms with van der Waals surface area (Å²) in [7, 11) is 0. The largest absolute Gasteiger partial charge is 0.295 e. The molecule has 0 saturated heterocycles. The average Bonchev–Trinajstić information content (AvgIpc) is 3.00. The molecule has 162 valence electrons. The Morgan fingerprint density at radius 2 is 1.73 bits per heavy atom. The molecule has 0 amide bonds. The summed E-state index contributed by atoms with van der Waals surface area (Å²) in [4.78, 5) is 0. The molecule has 2 unspecified atom stereocenters. The van der Waals surface area contributed by atoms with E-state index < -0.39 is 0 Å². The van der Waals surface area contributed by atoms with E-state index >= 15 is 0 Å². The Kier molecular flexibility index (Phi) is 4.88. The minimum absolute atomic E-state index is 0.0614. The Bertz CT molecular complexity index is 1130. The first kappa shape index (κ1) is 21.4. The minimum Gasteiger partial charge on any atom is -0.221 e. The highest BCUT2D eigenvalue weighted by Crippen LogP contribution is 2.50. The number of hydrogen-bond donors (Lipinski definition) is 0. The van der Waals surface area contributed by atoms with Gasteiger partial charge in [-0.2, -0.15) is 4.40 Å². The van der Waals surface area contributed by atoms with E-state index in [-0.39, 0.29) is 16.4 Å². The Balaban J connectivity index is 2.24. The third-order valence-corrected chi connectivity index (χ3v) is 9.05. The smallest absolute Gasteiger partial charge is 0.221 e. The summed E-state index contributed by atoms with van der Waals surface area (Å²) in [5, 5.41) is 2.95. The molecule has 0 aliphatic carbocycles. The van der Waals surface area contributed by atoms with E-state index in [9.17, 15) is 0 Å². The zero-order chi connectivity index (χ0) is 22.1. The molecule has 2 nitrogen and oxygen atoms in total. The fourth-order valence-electron chi connectivity index (χ4n) is 6.38. The van der Waals surface area contributed by atoms with Crippen LogP contribution >= 0.6 is 0 Å². The number of unbranched alkanes of at least 4 members (excludes halogenated alkanes) is 1. The number of benzene rings is 1. The van der Waals surface area contributed by atoms with Gasteiger partial charge in [0.15, 0.2) is 0 Å². The van der Waals surface area contributed by atoms with Crippen LogP contribution in [0, 0.1) is 13.8 Å². The number of pyridine rings is 1. The van der Waals surface area contributed by atoms with Crippen LogP contribution in [-0.4, -0.2) is 4.40 Å². The lowest BCUT2D eigenvalue weighted by molar-refractivity contribution is -0.755. The molecule has 0 spiro atoms. The van der Waals surface area contributed by atoms with Crippen molar-refractivity contribution in [2.75, 3.05) is 0 Å². The lowest BCUT2D eigenvalue weighted by atomic mass is 9.61. The number of imidazole rings is 1. The van der Waals surface area contributed by atoms with E-state index in [2.05, 4.69) is 95.7 Å². The molecule has 0 bridgehead atoms. The number of aromatic nitrogens is 2. The molecule has 3 aromatic rings. The van der Waals surface area contributed by atoms with Gasteiger partial charge in [0, 0.05) is 24.8 Å². The van der Waals surface area contributed by atoms with Crippen molar-refractivity contribution < 1.29 is 4.57 Å². The predicted octanol–water partition coefficient (Wildman–Crippen LogP) is 7.27. The Morgan fingerprint density at radius 1 is 1.03 bits per heavy atom. The van der Waals surface area contributed by atoms with Crippen LogP contribution in [0.1, 0.15) is 103 Å². The maximum absolute atomic E-state index is 2.70. The second-order valence-electron chi connectivity index (χ2n) is 10.8. The van der Waals surface area contributed by atoms with Crippen molar-refractivity contribution in [1.29, 1.82) is 0 Å². The van der Waals surface area contributed by atoms with Crippen molar-refractivity contribution in [3.63, 3.8) is 0 Å². The predicted molar refractivity (Wildman–Crippen MR) is 129 cm³/mol. The SMILES string of the molecule is CCCCC(C)(C)c1cn2c(C)c(C)[n+]3c2c2c(cccc12)C(C)(CC)C3(C)CC. The summed E-state index contributed by atoms with van der Waals surface area (Å²) in [6.07, 6.45) is 8.49. The third-order valence-electron chi connectivity index (χ3n) is 9.05. The molecule has 2 heteroatoms. The molecular formula is C28H41N2+. The van der Waals surface area contributed by atoms with Crippen molar-refractivity contribution in [1.82, 2.24) is 4.40 Å². The zero-order valence-corrected chi connectivity index (χ0v) is 20.7. The van der Waals surface area contributed by atoms with Crippen LogP contribution in [0.2, 0.25) is 0 Å². The van der Waals surface area contributed by atoms with Gasteiger partial charge in [0.05, 0.1) is 5.39 Å². The highest BCUT2D eigenvalue weighted by Gasteiger charge is 2.55. The summed E-state index contributed by atoms with van der Waals surface area (Å²) in [6, 6.07) is 7.12. The molecule has 1 aliphatic heterocycles.